The highest BCUT2D eigenvalue weighted by atomic mass is 35.5. The molecule has 2 aliphatic carbocycles. The average molecular weight is 717 g/mol. The standard InChI is InChI=1S/C39H43Cl2N5O4/c1-38(2,3)49-36(47)45-28-15-24(28)17-30(45)27-19-26(33(40)42-27)22-11-7-20(8-12-22)21-9-13-23(14-10-21)32-34(41)44-35(43-32)31-18-25-16-29(25)46(31)37(48)50-39(4,5)6/h7-14,24-25,28-31H,15-19H2,1-6H3,(H,43,44)/t24-,25-,28-,29-,30+,31+/m1/s1. The van der Waals surface area contributed by atoms with Gasteiger partial charge in [-0.2, -0.15) is 0 Å². The number of nitrogens with one attached hydrogen (secondary N) is 1. The molecule has 6 atom stereocenters. The molecule has 4 fully saturated rings. The molecule has 0 radical (unpaired) electrons. The zero-order valence-electron chi connectivity index (χ0n) is 29.3. The van der Waals surface area contributed by atoms with Gasteiger partial charge in [-0.25, -0.2) is 19.6 Å². The number of benzene rings is 2. The molecule has 50 heavy (non-hydrogen) atoms. The van der Waals surface area contributed by atoms with Crippen LogP contribution >= 0.6 is 23.2 Å². The van der Waals surface area contributed by atoms with Crippen LogP contribution in [0, 0.1) is 11.8 Å². The summed E-state index contributed by atoms with van der Waals surface area (Å²) in [5, 5.41) is 0.940. The molecule has 2 saturated carbocycles. The van der Waals surface area contributed by atoms with Crippen LogP contribution in [0.15, 0.2) is 58.7 Å². The van der Waals surface area contributed by atoms with E-state index in [9.17, 15) is 9.59 Å². The molecule has 2 aromatic carbocycles. The summed E-state index contributed by atoms with van der Waals surface area (Å²) in [5.74, 6) is 1.69. The molecule has 8 rings (SSSR count). The summed E-state index contributed by atoms with van der Waals surface area (Å²) in [7, 11) is 0. The zero-order chi connectivity index (χ0) is 35.3. The van der Waals surface area contributed by atoms with Crippen LogP contribution in [-0.2, 0) is 9.47 Å². The van der Waals surface area contributed by atoms with Gasteiger partial charge in [0.15, 0.2) is 0 Å². The second-order valence-corrected chi connectivity index (χ2v) is 17.1. The van der Waals surface area contributed by atoms with Gasteiger partial charge in [0.05, 0.1) is 12.1 Å². The fourth-order valence-corrected chi connectivity index (χ4v) is 8.44. The Morgan fingerprint density at radius 2 is 1.20 bits per heavy atom. The van der Waals surface area contributed by atoms with Gasteiger partial charge in [0.2, 0.25) is 0 Å². The lowest BCUT2D eigenvalue weighted by Crippen LogP contribution is -2.45. The summed E-state index contributed by atoms with van der Waals surface area (Å²) >= 11 is 13.4. The van der Waals surface area contributed by atoms with E-state index in [1.54, 1.807) is 0 Å². The van der Waals surface area contributed by atoms with Crippen molar-refractivity contribution < 1.29 is 19.1 Å². The molecule has 4 heterocycles. The van der Waals surface area contributed by atoms with Gasteiger partial charge in [-0.3, -0.25) is 9.80 Å². The Kier molecular flexibility index (Phi) is 7.92. The Hall–Kier alpha value is -3.82. The molecular formula is C39H43Cl2N5O4. The van der Waals surface area contributed by atoms with Crippen LogP contribution in [0.25, 0.3) is 28.0 Å². The molecule has 2 amide bonds. The third-order valence-electron chi connectivity index (χ3n) is 10.4. The number of halogens is 2. The van der Waals surface area contributed by atoms with Crippen molar-refractivity contribution in [1.82, 2.24) is 19.8 Å². The van der Waals surface area contributed by atoms with Crippen LogP contribution in [0.3, 0.4) is 0 Å². The van der Waals surface area contributed by atoms with Gasteiger partial charge in [-0.15, -0.1) is 0 Å². The number of rotatable bonds is 5. The summed E-state index contributed by atoms with van der Waals surface area (Å²) < 4.78 is 11.5. The van der Waals surface area contributed by atoms with Crippen LogP contribution < -0.4 is 0 Å². The lowest BCUT2D eigenvalue weighted by atomic mass is 9.95. The number of allylic oxidation sites excluding steroid dienone is 1. The lowest BCUT2D eigenvalue weighted by molar-refractivity contribution is 0.0173. The van der Waals surface area contributed by atoms with Gasteiger partial charge < -0.3 is 14.5 Å². The predicted octanol–water partition coefficient (Wildman–Crippen LogP) is 9.62. The van der Waals surface area contributed by atoms with Gasteiger partial charge in [0, 0.05) is 35.4 Å². The van der Waals surface area contributed by atoms with Crippen molar-refractivity contribution >= 4 is 46.7 Å². The van der Waals surface area contributed by atoms with Gasteiger partial charge >= 0.3 is 12.2 Å². The Bertz CT molecular complexity index is 1920. The Labute approximate surface area is 303 Å². The van der Waals surface area contributed by atoms with Crippen molar-refractivity contribution in [2.24, 2.45) is 16.8 Å². The monoisotopic (exact) mass is 715 g/mol. The number of imidazole rings is 1. The zero-order valence-corrected chi connectivity index (χ0v) is 30.8. The first-order valence-corrected chi connectivity index (χ1v) is 18.3. The van der Waals surface area contributed by atoms with Crippen molar-refractivity contribution in [1.29, 1.82) is 0 Å². The van der Waals surface area contributed by atoms with Crippen LogP contribution in [0.5, 0.6) is 0 Å². The number of fused-ring (bicyclic) bond motifs is 2. The van der Waals surface area contributed by atoms with Crippen molar-refractivity contribution in [3.05, 3.63) is 70.2 Å². The molecule has 0 unspecified atom stereocenters. The topological polar surface area (TPSA) is 100 Å². The molecule has 3 aromatic rings. The fourth-order valence-electron chi connectivity index (χ4n) is 7.91. The summed E-state index contributed by atoms with van der Waals surface area (Å²) in [5.41, 5.74) is 5.49. The van der Waals surface area contributed by atoms with Gasteiger partial charge in [0.25, 0.3) is 0 Å². The minimum absolute atomic E-state index is 0.0792. The number of carbonyl (C=O) groups excluding carboxylic acids is 2. The maximum Gasteiger partial charge on any atom is 0.411 e. The van der Waals surface area contributed by atoms with Crippen LogP contribution in [0.1, 0.15) is 91.1 Å². The minimum atomic E-state index is -0.566. The molecule has 11 heteroatoms. The third kappa shape index (κ3) is 6.32. The molecule has 0 spiro atoms. The van der Waals surface area contributed by atoms with E-state index in [-0.39, 0.29) is 36.4 Å². The number of likely N-dealkylation sites (tertiary alicyclic amines) is 2. The molecular weight excluding hydrogens is 673 g/mol. The van der Waals surface area contributed by atoms with E-state index in [0.717, 1.165) is 59.2 Å². The first-order chi connectivity index (χ1) is 23.6. The smallest absolute Gasteiger partial charge is 0.411 e. The number of hydrogen-bond donors (Lipinski definition) is 1. The molecule has 9 nitrogen and oxygen atoms in total. The second kappa shape index (κ2) is 11.9. The van der Waals surface area contributed by atoms with E-state index in [2.05, 4.69) is 41.4 Å². The molecule has 5 aliphatic rings. The number of aliphatic imine (C=N–C) groups is 1. The highest BCUT2D eigenvalue weighted by Crippen LogP contribution is 2.54. The molecule has 0 bridgehead atoms. The van der Waals surface area contributed by atoms with Crippen LogP contribution in [0.2, 0.25) is 5.15 Å². The molecule has 1 aromatic heterocycles. The Morgan fingerprint density at radius 1 is 0.720 bits per heavy atom. The number of H-pyrrole nitrogens is 1. The molecule has 1 N–H and O–H groups in total. The number of aromatic nitrogens is 2. The number of carbonyl (C=O) groups is 2. The van der Waals surface area contributed by atoms with E-state index in [1.807, 2.05) is 63.5 Å². The first-order valence-electron chi connectivity index (χ1n) is 17.6. The number of hydrogen-bond acceptors (Lipinski definition) is 6. The summed E-state index contributed by atoms with van der Waals surface area (Å²) in [6.45, 7) is 11.3. The van der Waals surface area contributed by atoms with Crippen LogP contribution in [-0.4, -0.2) is 67.0 Å². The quantitative estimate of drug-likeness (QED) is 0.265. The number of aromatic amines is 1. The summed E-state index contributed by atoms with van der Waals surface area (Å²) in [6.07, 6.45) is 3.85. The lowest BCUT2D eigenvalue weighted by Gasteiger charge is -2.30. The third-order valence-corrected chi connectivity index (χ3v) is 11.0. The number of nitrogens with zero attached hydrogens (tertiary/aromatic N) is 4. The van der Waals surface area contributed by atoms with Gasteiger partial charge in [-0.05, 0) is 95.8 Å². The SMILES string of the molecule is CC(C)(C)OC(=O)N1[C@@H]2C[C@@H]2C[C@H]1C1=NC(Cl)=C(c2ccc(-c3ccc(-c4nc([C@@H]5C[C@H]6C[C@H]6N5C(=O)OC(C)(C)C)[nH]c4Cl)cc3)cc2)C1. The van der Waals surface area contributed by atoms with Crippen molar-refractivity contribution in [2.75, 3.05) is 0 Å². The fraction of sp³-hybridized carbons (Fsp3) is 0.487. The Morgan fingerprint density at radius 3 is 1.74 bits per heavy atom. The molecule has 3 aliphatic heterocycles. The number of amides is 2. The van der Waals surface area contributed by atoms with Crippen molar-refractivity contribution in [2.45, 2.75) is 109 Å². The summed E-state index contributed by atoms with van der Waals surface area (Å²) in [4.78, 5) is 42.8. The second-order valence-electron chi connectivity index (χ2n) is 16.4. The number of piperidine rings is 2. The Balaban J connectivity index is 0.938. The highest BCUT2D eigenvalue weighted by Gasteiger charge is 2.57. The molecule has 262 valence electrons. The van der Waals surface area contributed by atoms with E-state index in [1.165, 1.54) is 0 Å². The van der Waals surface area contributed by atoms with E-state index in [0.29, 0.717) is 40.1 Å². The van der Waals surface area contributed by atoms with E-state index >= 15 is 0 Å². The minimum Gasteiger partial charge on any atom is -0.444 e. The largest absolute Gasteiger partial charge is 0.444 e. The molecule has 2 saturated heterocycles. The maximum absolute atomic E-state index is 13.1. The highest BCUT2D eigenvalue weighted by molar-refractivity contribution is 6.35. The van der Waals surface area contributed by atoms with Crippen molar-refractivity contribution in [3.8, 4) is 22.4 Å². The average Bonchev–Trinajstić information content (AvgIpc) is 3.73. The summed E-state index contributed by atoms with van der Waals surface area (Å²) in [6, 6.07) is 16.7. The first kappa shape index (κ1) is 33.3. The number of ether oxygens (including phenoxy) is 2. The van der Waals surface area contributed by atoms with Crippen molar-refractivity contribution in [3.63, 3.8) is 0 Å². The normalized spacial score (nSPS) is 26.9. The van der Waals surface area contributed by atoms with Gasteiger partial charge in [0.1, 0.15) is 33.0 Å². The maximum atomic E-state index is 13.1. The van der Waals surface area contributed by atoms with Gasteiger partial charge in [-0.1, -0.05) is 71.7 Å². The van der Waals surface area contributed by atoms with Crippen LogP contribution in [0.4, 0.5) is 9.59 Å². The van der Waals surface area contributed by atoms with E-state index in [4.69, 9.17) is 42.7 Å². The predicted molar refractivity (Wildman–Crippen MR) is 195 cm³/mol. The van der Waals surface area contributed by atoms with E-state index < -0.39 is 11.2 Å².